The van der Waals surface area contributed by atoms with E-state index in [1.165, 1.54) is 19.3 Å². The van der Waals surface area contributed by atoms with Crippen molar-refractivity contribution in [3.63, 3.8) is 0 Å². The van der Waals surface area contributed by atoms with Crippen LogP contribution in [0.5, 0.6) is 0 Å². The largest absolute Gasteiger partial charge is 0.472 e. The maximum absolute atomic E-state index is 13.0. The first kappa shape index (κ1) is 95.6. The van der Waals surface area contributed by atoms with Crippen LogP contribution in [0.3, 0.4) is 0 Å². The number of aliphatic hydroxyl groups is 2. The van der Waals surface area contributed by atoms with Gasteiger partial charge in [-0.15, -0.1) is 0 Å². The number of carbonyl (C=O) groups excluding carboxylic acids is 3. The summed E-state index contributed by atoms with van der Waals surface area (Å²) in [5.41, 5.74) is 0. The van der Waals surface area contributed by atoms with E-state index in [4.69, 9.17) is 32.3 Å². The van der Waals surface area contributed by atoms with Gasteiger partial charge in [-0.3, -0.25) is 32.5 Å². The van der Waals surface area contributed by atoms with Crippen molar-refractivity contribution in [3.05, 3.63) is 182 Å². The zero-order chi connectivity index (χ0) is 73.7. The molecule has 18 heteroatoms. The molecule has 0 fully saturated rings. The van der Waals surface area contributed by atoms with Crippen LogP contribution in [0.15, 0.2) is 182 Å². The number of carbonyl (C=O) groups is 3. The van der Waals surface area contributed by atoms with Gasteiger partial charge < -0.3 is 34.2 Å². The summed E-state index contributed by atoms with van der Waals surface area (Å²) < 4.78 is 61.1. The zero-order valence-electron chi connectivity index (χ0n) is 62.2. The lowest BCUT2D eigenvalue weighted by Crippen LogP contribution is -2.30. The fourth-order valence-corrected chi connectivity index (χ4v) is 10.9. The van der Waals surface area contributed by atoms with E-state index in [0.717, 1.165) is 186 Å². The fourth-order valence-electron chi connectivity index (χ4n) is 9.35. The normalized spacial score (nSPS) is 15.0. The molecule has 0 spiro atoms. The van der Waals surface area contributed by atoms with Gasteiger partial charge in [-0.05, 0) is 161 Å². The van der Waals surface area contributed by atoms with E-state index in [1.54, 1.807) is 0 Å². The number of phosphoric acid groups is 2. The SMILES string of the molecule is CC/C=C\C/C=C\C/C=C\C/C=C\C/C=C\C/C=C\CCCCCCCCC(=O)OCC(O)COP(=O)(O)OCC(O)COP(=O)(O)OCC(COC(=O)CCCC/C=C\C/C=C\C/C=C\C/C=C\C/C=C\C/C=C\CC)OC(=O)CCCCCCCC/C=C\C/C=C\C/C=C\CCCCC. The predicted molar refractivity (Wildman–Crippen MR) is 417 cm³/mol. The molecule has 0 amide bonds. The standard InChI is InChI=1S/C83H134O16P2/c1-4-7-10-13-16-19-22-25-28-31-34-36-37-38-39-41-44-45-48-51-54-57-60-63-66-69-81(86)93-72-78(84)73-95-100(89,90)96-74-79(85)75-97-101(91,92)98-77-80(99-83(88)71-68-65-62-59-56-53-50-47-42-33-30-27-24-21-18-15-12-9-6-3)76-94-82(87)70-67-64-61-58-55-52-49-46-43-40-35-32-29-26-23-20-17-14-11-8-5-2/h7-8,10-11,16-21,25-30,34-36,38-40,42,44-47,49,55,58,78-80,84-85H,4-6,9,12-15,22-24,31-33,37,41,43,48,50-54,56-57,59-77H2,1-3H3,(H,89,90)(H,91,92)/b10-7-,11-8-,19-16-,20-17-,21-18-,28-25-,29-26-,30-27-,36-34-,39-38-,40-35-,45-44-,47-42-,49-46-,58-55-. The molecule has 0 saturated heterocycles. The number of unbranched alkanes of at least 4 members (excludes halogenated alkanes) is 17. The number of phosphoric ester groups is 2. The molecule has 0 aromatic rings. The molecule has 0 saturated carbocycles. The second-order valence-electron chi connectivity index (χ2n) is 24.7. The smallest absolute Gasteiger partial charge is 0.463 e. The monoisotopic (exact) mass is 1450 g/mol. The van der Waals surface area contributed by atoms with E-state index >= 15 is 0 Å². The maximum atomic E-state index is 13.0. The van der Waals surface area contributed by atoms with Crippen LogP contribution in [0.25, 0.3) is 0 Å². The Kier molecular flexibility index (Phi) is 70.4. The van der Waals surface area contributed by atoms with E-state index < -0.39 is 91.5 Å². The second kappa shape index (κ2) is 74.4. The van der Waals surface area contributed by atoms with Crippen LogP contribution >= 0.6 is 15.6 Å². The van der Waals surface area contributed by atoms with Gasteiger partial charge in [0.2, 0.25) is 0 Å². The number of ether oxygens (including phenoxy) is 3. The average molecular weight is 1450 g/mol. The molecule has 0 aliphatic carbocycles. The molecular weight excluding hydrogens is 1310 g/mol. The van der Waals surface area contributed by atoms with Crippen molar-refractivity contribution in [2.45, 2.75) is 283 Å². The molecule has 5 unspecified atom stereocenters. The maximum Gasteiger partial charge on any atom is 0.472 e. The molecule has 0 radical (unpaired) electrons. The van der Waals surface area contributed by atoms with Crippen LogP contribution in [-0.4, -0.2) is 95.9 Å². The molecule has 5 atom stereocenters. The van der Waals surface area contributed by atoms with Crippen molar-refractivity contribution in [2.24, 2.45) is 0 Å². The van der Waals surface area contributed by atoms with Gasteiger partial charge in [0.25, 0.3) is 0 Å². The molecule has 0 aromatic heterocycles. The van der Waals surface area contributed by atoms with Crippen molar-refractivity contribution < 1.29 is 75.8 Å². The van der Waals surface area contributed by atoms with Gasteiger partial charge in [-0.2, -0.15) is 0 Å². The van der Waals surface area contributed by atoms with Crippen LogP contribution in [-0.2, 0) is 55.8 Å². The third-order valence-corrected chi connectivity index (χ3v) is 17.0. The van der Waals surface area contributed by atoms with Gasteiger partial charge in [0, 0.05) is 19.3 Å². The predicted octanol–water partition coefficient (Wildman–Crippen LogP) is 22.2. The summed E-state index contributed by atoms with van der Waals surface area (Å²) in [5.74, 6) is -1.67. The third kappa shape index (κ3) is 75.6. The highest BCUT2D eigenvalue weighted by Gasteiger charge is 2.29. The Hall–Kier alpha value is -5.35. The summed E-state index contributed by atoms with van der Waals surface area (Å²) >= 11 is 0. The van der Waals surface area contributed by atoms with Crippen molar-refractivity contribution in [1.29, 1.82) is 0 Å². The molecule has 0 aliphatic rings. The molecule has 4 N–H and O–H groups in total. The van der Waals surface area contributed by atoms with Crippen molar-refractivity contribution >= 4 is 33.6 Å². The summed E-state index contributed by atoms with van der Waals surface area (Å²) in [4.78, 5) is 58.6. The van der Waals surface area contributed by atoms with E-state index in [0.29, 0.717) is 19.3 Å². The Labute approximate surface area is 611 Å². The molecule has 101 heavy (non-hydrogen) atoms. The Morgan fingerprint density at radius 1 is 0.287 bits per heavy atom. The number of hydrogen-bond donors (Lipinski definition) is 4. The van der Waals surface area contributed by atoms with Crippen LogP contribution in [0.1, 0.15) is 265 Å². The minimum absolute atomic E-state index is 0.0725. The van der Waals surface area contributed by atoms with Gasteiger partial charge in [-0.1, -0.05) is 267 Å². The third-order valence-electron chi connectivity index (χ3n) is 15.1. The summed E-state index contributed by atoms with van der Waals surface area (Å²) in [6, 6.07) is 0. The lowest BCUT2D eigenvalue weighted by molar-refractivity contribution is -0.161. The minimum Gasteiger partial charge on any atom is -0.463 e. The highest BCUT2D eigenvalue weighted by molar-refractivity contribution is 7.47. The summed E-state index contributed by atoms with van der Waals surface area (Å²) in [6.07, 6.45) is 95.0. The highest BCUT2D eigenvalue weighted by Crippen LogP contribution is 2.45. The van der Waals surface area contributed by atoms with Crippen LogP contribution in [0.2, 0.25) is 0 Å². The highest BCUT2D eigenvalue weighted by atomic mass is 31.2. The van der Waals surface area contributed by atoms with Gasteiger partial charge in [0.1, 0.15) is 25.4 Å². The fraction of sp³-hybridized carbons (Fsp3) is 0.602. The number of esters is 3. The van der Waals surface area contributed by atoms with Gasteiger partial charge in [0.05, 0.1) is 26.4 Å². The summed E-state index contributed by atoms with van der Waals surface area (Å²) in [7, 11) is -9.83. The topological polar surface area (TPSA) is 231 Å². The molecule has 572 valence electrons. The number of allylic oxidation sites excluding steroid dienone is 30. The van der Waals surface area contributed by atoms with E-state index in [2.05, 4.69) is 203 Å². The van der Waals surface area contributed by atoms with E-state index in [9.17, 15) is 43.5 Å². The zero-order valence-corrected chi connectivity index (χ0v) is 64.0. The minimum atomic E-state index is -4.95. The Balaban J connectivity index is 4.75. The van der Waals surface area contributed by atoms with Crippen LogP contribution in [0, 0.1) is 0 Å². The molecule has 0 bridgehead atoms. The Morgan fingerprint density at radius 3 is 0.851 bits per heavy atom. The average Bonchev–Trinajstić information content (AvgIpc) is 0.990. The van der Waals surface area contributed by atoms with Gasteiger partial charge >= 0.3 is 33.6 Å². The quantitative estimate of drug-likeness (QED) is 0.0146. The van der Waals surface area contributed by atoms with Crippen molar-refractivity contribution in [3.8, 4) is 0 Å². The first-order valence-electron chi connectivity index (χ1n) is 38.1. The number of aliphatic hydroxyl groups excluding tert-OH is 2. The van der Waals surface area contributed by atoms with Crippen molar-refractivity contribution in [2.75, 3.05) is 39.6 Å². The molecule has 0 rings (SSSR count). The number of hydrogen-bond acceptors (Lipinski definition) is 14. The molecule has 0 heterocycles. The van der Waals surface area contributed by atoms with Crippen LogP contribution < -0.4 is 0 Å². The summed E-state index contributed by atoms with van der Waals surface area (Å²) in [5, 5.41) is 20.6. The van der Waals surface area contributed by atoms with Crippen molar-refractivity contribution in [1.82, 2.24) is 0 Å². The van der Waals surface area contributed by atoms with Gasteiger partial charge in [-0.25, -0.2) is 9.13 Å². The van der Waals surface area contributed by atoms with E-state index in [-0.39, 0.29) is 19.3 Å². The second-order valence-corrected chi connectivity index (χ2v) is 27.6. The van der Waals surface area contributed by atoms with Crippen LogP contribution in [0.4, 0.5) is 0 Å². The Morgan fingerprint density at radius 2 is 0.525 bits per heavy atom. The van der Waals surface area contributed by atoms with Gasteiger partial charge in [0.15, 0.2) is 6.10 Å². The summed E-state index contributed by atoms with van der Waals surface area (Å²) in [6.45, 7) is 2.31. The lowest BCUT2D eigenvalue weighted by atomic mass is 10.1. The lowest BCUT2D eigenvalue weighted by Gasteiger charge is -2.21. The first-order valence-corrected chi connectivity index (χ1v) is 41.1. The molecule has 0 aromatic carbocycles. The Bertz CT molecular complexity index is 2570. The molecular formula is C83H134O16P2. The number of rotatable bonds is 70. The molecule has 16 nitrogen and oxygen atoms in total. The van der Waals surface area contributed by atoms with E-state index in [1.807, 2.05) is 0 Å². The molecule has 0 aliphatic heterocycles. The first-order chi connectivity index (χ1) is 49.2.